The van der Waals surface area contributed by atoms with Crippen molar-refractivity contribution in [2.75, 3.05) is 5.32 Å². The van der Waals surface area contributed by atoms with Gasteiger partial charge >= 0.3 is 0 Å². The third kappa shape index (κ3) is 4.19. The highest BCUT2D eigenvalue weighted by Crippen LogP contribution is 2.23. The number of fused-ring (bicyclic) bond motifs is 1. The van der Waals surface area contributed by atoms with Gasteiger partial charge in [-0.05, 0) is 29.0 Å². The number of nitrogens with one attached hydrogen (secondary N) is 1. The van der Waals surface area contributed by atoms with Crippen molar-refractivity contribution < 1.29 is 14.5 Å². The molecule has 0 bridgehead atoms. The van der Waals surface area contributed by atoms with Crippen molar-refractivity contribution in [1.82, 2.24) is 10.2 Å². The van der Waals surface area contributed by atoms with E-state index in [0.29, 0.717) is 21.5 Å². The molecular formula is C20H14N4O4S. The average molecular weight is 406 g/mol. The van der Waals surface area contributed by atoms with Gasteiger partial charge in [-0.15, -0.1) is 10.2 Å². The Labute approximate surface area is 168 Å². The highest BCUT2D eigenvalue weighted by atomic mass is 32.1. The number of rotatable bonds is 6. The molecule has 9 heteroatoms. The monoisotopic (exact) mass is 406 g/mol. The van der Waals surface area contributed by atoms with Crippen LogP contribution in [0.25, 0.3) is 10.8 Å². The van der Waals surface area contributed by atoms with Crippen LogP contribution in [0.1, 0.15) is 15.4 Å². The summed E-state index contributed by atoms with van der Waals surface area (Å²) in [6.45, 7) is 0.139. The highest BCUT2D eigenvalue weighted by Gasteiger charge is 2.13. The molecule has 4 aromatic rings. The third-order valence-corrected chi connectivity index (χ3v) is 4.94. The summed E-state index contributed by atoms with van der Waals surface area (Å²) in [6, 6.07) is 19.0. The lowest BCUT2D eigenvalue weighted by atomic mass is 10.0. The number of hydrogen-bond donors (Lipinski definition) is 1. The summed E-state index contributed by atoms with van der Waals surface area (Å²) in [6.07, 6.45) is 0. The van der Waals surface area contributed by atoms with Gasteiger partial charge in [0.15, 0.2) is 5.01 Å². The number of carbonyl (C=O) groups is 1. The SMILES string of the molecule is O=C(Nc1nnc(COc2ccc([N+](=O)[O-])cc2)s1)c1cccc2ccccc12. The van der Waals surface area contributed by atoms with Gasteiger partial charge in [0, 0.05) is 17.7 Å². The molecule has 3 aromatic carbocycles. The fraction of sp³-hybridized carbons (Fsp3) is 0.0500. The maximum absolute atomic E-state index is 12.6. The predicted octanol–water partition coefficient (Wildman–Crippen LogP) is 4.43. The average Bonchev–Trinajstić information content (AvgIpc) is 3.19. The number of amides is 1. The Bertz CT molecular complexity index is 1190. The molecule has 0 fully saturated rings. The fourth-order valence-corrected chi connectivity index (χ4v) is 3.41. The number of nitro groups is 1. The molecule has 4 rings (SSSR count). The van der Waals surface area contributed by atoms with Gasteiger partial charge in [0.25, 0.3) is 11.6 Å². The first-order valence-electron chi connectivity index (χ1n) is 8.59. The van der Waals surface area contributed by atoms with Crippen LogP contribution in [0.5, 0.6) is 5.75 Å². The minimum Gasteiger partial charge on any atom is -0.486 e. The van der Waals surface area contributed by atoms with Crippen LogP contribution in [-0.2, 0) is 6.61 Å². The first-order valence-corrected chi connectivity index (χ1v) is 9.40. The second kappa shape index (κ2) is 8.03. The van der Waals surface area contributed by atoms with Crippen LogP contribution < -0.4 is 10.1 Å². The van der Waals surface area contributed by atoms with Gasteiger partial charge in [-0.1, -0.05) is 47.7 Å². The van der Waals surface area contributed by atoms with Crippen LogP contribution in [0.2, 0.25) is 0 Å². The molecule has 144 valence electrons. The van der Waals surface area contributed by atoms with E-state index in [0.717, 1.165) is 10.8 Å². The molecule has 0 aliphatic rings. The summed E-state index contributed by atoms with van der Waals surface area (Å²) in [5.41, 5.74) is 0.550. The van der Waals surface area contributed by atoms with Crippen molar-refractivity contribution in [2.45, 2.75) is 6.61 Å². The molecule has 8 nitrogen and oxygen atoms in total. The van der Waals surface area contributed by atoms with Crippen LogP contribution in [-0.4, -0.2) is 21.0 Å². The number of aromatic nitrogens is 2. The highest BCUT2D eigenvalue weighted by molar-refractivity contribution is 7.15. The molecule has 0 unspecified atom stereocenters. The van der Waals surface area contributed by atoms with Crippen molar-refractivity contribution in [2.24, 2.45) is 0 Å². The minimum atomic E-state index is -0.473. The number of anilines is 1. The largest absolute Gasteiger partial charge is 0.486 e. The number of carbonyl (C=O) groups excluding carboxylic acids is 1. The van der Waals surface area contributed by atoms with E-state index in [9.17, 15) is 14.9 Å². The van der Waals surface area contributed by atoms with Crippen molar-refractivity contribution in [3.05, 3.63) is 87.4 Å². The number of nitrogens with zero attached hydrogens (tertiary/aromatic N) is 3. The first-order chi connectivity index (χ1) is 14.1. The quantitative estimate of drug-likeness (QED) is 0.375. The maximum atomic E-state index is 12.6. The lowest BCUT2D eigenvalue weighted by Crippen LogP contribution is -2.12. The van der Waals surface area contributed by atoms with Gasteiger partial charge < -0.3 is 4.74 Å². The lowest BCUT2D eigenvalue weighted by Gasteiger charge is -2.05. The van der Waals surface area contributed by atoms with E-state index in [2.05, 4.69) is 15.5 Å². The third-order valence-electron chi connectivity index (χ3n) is 4.13. The maximum Gasteiger partial charge on any atom is 0.269 e. The smallest absolute Gasteiger partial charge is 0.269 e. The lowest BCUT2D eigenvalue weighted by molar-refractivity contribution is -0.384. The van der Waals surface area contributed by atoms with E-state index < -0.39 is 4.92 Å². The van der Waals surface area contributed by atoms with E-state index in [4.69, 9.17) is 4.74 Å². The summed E-state index contributed by atoms with van der Waals surface area (Å²) in [5.74, 6) is 0.216. The molecule has 0 saturated carbocycles. The van der Waals surface area contributed by atoms with Crippen LogP contribution in [0.4, 0.5) is 10.8 Å². The molecule has 0 radical (unpaired) electrons. The summed E-state index contributed by atoms with van der Waals surface area (Å²) >= 11 is 1.20. The Hall–Kier alpha value is -3.85. The number of benzene rings is 3. The van der Waals surface area contributed by atoms with Crippen molar-refractivity contribution in [3.8, 4) is 5.75 Å². The van der Waals surface area contributed by atoms with Gasteiger partial charge in [0.2, 0.25) is 5.13 Å². The predicted molar refractivity (Wildman–Crippen MR) is 109 cm³/mol. The van der Waals surface area contributed by atoms with Gasteiger partial charge in [0.05, 0.1) is 4.92 Å². The molecule has 1 N–H and O–H groups in total. The van der Waals surface area contributed by atoms with E-state index in [1.807, 2.05) is 36.4 Å². The molecule has 0 aliphatic heterocycles. The van der Waals surface area contributed by atoms with Gasteiger partial charge in [-0.3, -0.25) is 20.2 Å². The molecular weight excluding hydrogens is 392 g/mol. The van der Waals surface area contributed by atoms with E-state index in [1.165, 1.54) is 35.6 Å². The molecule has 0 aliphatic carbocycles. The summed E-state index contributed by atoms with van der Waals surface area (Å²) in [5, 5.41) is 24.2. The zero-order valence-electron chi connectivity index (χ0n) is 14.9. The van der Waals surface area contributed by atoms with Crippen LogP contribution in [0.15, 0.2) is 66.7 Å². The second-order valence-electron chi connectivity index (χ2n) is 6.02. The van der Waals surface area contributed by atoms with E-state index >= 15 is 0 Å². The van der Waals surface area contributed by atoms with Crippen molar-refractivity contribution >= 4 is 38.8 Å². The van der Waals surface area contributed by atoms with Crippen molar-refractivity contribution in [1.29, 1.82) is 0 Å². The zero-order valence-corrected chi connectivity index (χ0v) is 15.8. The van der Waals surface area contributed by atoms with E-state index in [1.54, 1.807) is 6.07 Å². The van der Waals surface area contributed by atoms with Gasteiger partial charge in [-0.25, -0.2) is 0 Å². The van der Waals surface area contributed by atoms with E-state index in [-0.39, 0.29) is 18.2 Å². The van der Waals surface area contributed by atoms with Gasteiger partial charge in [-0.2, -0.15) is 0 Å². The topological polar surface area (TPSA) is 107 Å². The standard InChI is InChI=1S/C20H14N4O4S/c25-19(17-7-3-5-13-4-1-2-6-16(13)17)21-20-23-22-18(29-20)12-28-15-10-8-14(9-11-15)24(26)27/h1-11H,12H2,(H,21,23,25). The van der Waals surface area contributed by atoms with Crippen LogP contribution in [0.3, 0.4) is 0 Å². The fourth-order valence-electron chi connectivity index (χ4n) is 2.76. The molecule has 0 spiro atoms. The Morgan fingerprint density at radius 3 is 2.59 bits per heavy atom. The minimum absolute atomic E-state index is 0.00769. The Balaban J connectivity index is 1.41. The molecule has 1 amide bonds. The molecule has 0 atom stereocenters. The number of hydrogen-bond acceptors (Lipinski definition) is 7. The summed E-state index contributed by atoms with van der Waals surface area (Å²) < 4.78 is 5.56. The molecule has 29 heavy (non-hydrogen) atoms. The number of non-ortho nitro benzene ring substituents is 1. The Kier molecular flexibility index (Phi) is 5.12. The Morgan fingerprint density at radius 2 is 1.79 bits per heavy atom. The zero-order chi connectivity index (χ0) is 20.2. The molecule has 1 aromatic heterocycles. The normalized spacial score (nSPS) is 10.6. The molecule has 1 heterocycles. The first kappa shape index (κ1) is 18.5. The number of ether oxygens (including phenoxy) is 1. The van der Waals surface area contributed by atoms with Crippen LogP contribution in [0, 0.1) is 10.1 Å². The summed E-state index contributed by atoms with van der Waals surface area (Å²) in [4.78, 5) is 22.8. The van der Waals surface area contributed by atoms with Gasteiger partial charge in [0.1, 0.15) is 12.4 Å². The summed E-state index contributed by atoms with van der Waals surface area (Å²) in [7, 11) is 0. The van der Waals surface area contributed by atoms with Crippen molar-refractivity contribution in [3.63, 3.8) is 0 Å². The molecule has 0 saturated heterocycles. The second-order valence-corrected chi connectivity index (χ2v) is 7.08. The Morgan fingerprint density at radius 1 is 1.03 bits per heavy atom. The number of nitro benzene ring substituents is 1. The van der Waals surface area contributed by atoms with Crippen LogP contribution >= 0.6 is 11.3 Å².